The molecule has 0 heterocycles. The number of hydrogen-bond acceptors (Lipinski definition) is 3. The molecule has 0 unspecified atom stereocenters. The van der Waals surface area contributed by atoms with Crippen LogP contribution in [0.25, 0.3) is 0 Å². The number of nitrogens with zero attached hydrogens (tertiary/aromatic N) is 1. The Balaban J connectivity index is 2.76. The van der Waals surface area contributed by atoms with E-state index in [4.69, 9.17) is 5.73 Å². The third kappa shape index (κ3) is 3.36. The minimum absolute atomic E-state index is 0.225. The molecule has 1 aromatic carbocycles. The minimum Gasteiger partial charge on any atom is -0.366 e. The number of amides is 2. The number of carbonyl (C=O) groups is 2. The van der Waals surface area contributed by atoms with Crippen LogP contribution in [0.1, 0.15) is 20.7 Å². The highest BCUT2D eigenvalue weighted by Gasteiger charge is 2.07. The molecule has 0 aliphatic carbocycles. The molecule has 2 amide bonds. The highest BCUT2D eigenvalue weighted by molar-refractivity contribution is 5.99. The fourth-order valence-corrected chi connectivity index (χ4v) is 1.15. The van der Waals surface area contributed by atoms with Crippen LogP contribution in [0.3, 0.4) is 0 Å². The molecule has 5 nitrogen and oxygen atoms in total. The lowest BCUT2D eigenvalue weighted by Gasteiger charge is -2.11. The van der Waals surface area contributed by atoms with Crippen LogP contribution in [0.4, 0.5) is 0 Å². The standard InChI is InChI=1S/C11H15N3O2/c1-14(2)7-13-11(16)9-5-3-4-8(6-9)10(12)15/h3-6H,7H2,1-2H3,(H2,12,15)(H,13,16). The molecule has 1 rings (SSSR count). The Bertz CT molecular complexity index is 402. The van der Waals surface area contributed by atoms with E-state index in [9.17, 15) is 9.59 Å². The van der Waals surface area contributed by atoms with E-state index in [0.29, 0.717) is 17.8 Å². The topological polar surface area (TPSA) is 75.4 Å². The molecule has 16 heavy (non-hydrogen) atoms. The van der Waals surface area contributed by atoms with Crippen molar-refractivity contribution in [3.63, 3.8) is 0 Å². The second-order valence-corrected chi connectivity index (χ2v) is 3.69. The van der Waals surface area contributed by atoms with Crippen LogP contribution in [0.5, 0.6) is 0 Å². The summed E-state index contributed by atoms with van der Waals surface area (Å²) >= 11 is 0. The van der Waals surface area contributed by atoms with Crippen molar-refractivity contribution < 1.29 is 9.59 Å². The van der Waals surface area contributed by atoms with E-state index in [0.717, 1.165) is 0 Å². The lowest BCUT2D eigenvalue weighted by molar-refractivity contribution is 0.0935. The molecule has 0 aromatic heterocycles. The van der Waals surface area contributed by atoms with Gasteiger partial charge in [-0.1, -0.05) is 6.07 Å². The van der Waals surface area contributed by atoms with Crippen LogP contribution in [-0.2, 0) is 0 Å². The molecule has 3 N–H and O–H groups in total. The predicted molar refractivity (Wildman–Crippen MR) is 61.0 cm³/mol. The number of nitrogens with two attached hydrogens (primary N) is 1. The van der Waals surface area contributed by atoms with Gasteiger partial charge >= 0.3 is 0 Å². The second kappa shape index (κ2) is 5.27. The summed E-state index contributed by atoms with van der Waals surface area (Å²) in [6, 6.07) is 6.32. The van der Waals surface area contributed by atoms with Gasteiger partial charge in [0.25, 0.3) is 5.91 Å². The van der Waals surface area contributed by atoms with Crippen LogP contribution >= 0.6 is 0 Å². The number of primary amides is 1. The molecule has 0 bridgehead atoms. The van der Waals surface area contributed by atoms with Crippen molar-refractivity contribution in [3.8, 4) is 0 Å². The minimum atomic E-state index is -0.540. The third-order valence-corrected chi connectivity index (χ3v) is 1.97. The van der Waals surface area contributed by atoms with E-state index in [-0.39, 0.29) is 5.91 Å². The molecular formula is C11H15N3O2. The number of rotatable bonds is 4. The molecule has 1 aromatic rings. The SMILES string of the molecule is CN(C)CNC(=O)c1cccc(C(N)=O)c1. The summed E-state index contributed by atoms with van der Waals surface area (Å²) < 4.78 is 0. The maximum atomic E-state index is 11.6. The molecule has 0 aliphatic rings. The molecule has 0 spiro atoms. The van der Waals surface area contributed by atoms with E-state index >= 15 is 0 Å². The fraction of sp³-hybridized carbons (Fsp3) is 0.273. The predicted octanol–water partition coefficient (Wildman–Crippen LogP) is 0.0344. The Kier molecular flexibility index (Phi) is 4.02. The number of benzene rings is 1. The van der Waals surface area contributed by atoms with Gasteiger partial charge in [-0.2, -0.15) is 0 Å². The highest BCUT2D eigenvalue weighted by Crippen LogP contribution is 2.04. The van der Waals surface area contributed by atoms with Crippen LogP contribution in [0.15, 0.2) is 24.3 Å². The average Bonchev–Trinajstić information content (AvgIpc) is 2.26. The van der Waals surface area contributed by atoms with Crippen LogP contribution in [-0.4, -0.2) is 37.5 Å². The van der Waals surface area contributed by atoms with Crippen molar-refractivity contribution in [2.24, 2.45) is 5.73 Å². The van der Waals surface area contributed by atoms with Gasteiger partial charge in [0, 0.05) is 11.1 Å². The summed E-state index contributed by atoms with van der Waals surface area (Å²) in [7, 11) is 3.69. The Labute approximate surface area is 94.2 Å². The van der Waals surface area contributed by atoms with Crippen LogP contribution < -0.4 is 11.1 Å². The third-order valence-electron chi connectivity index (χ3n) is 1.97. The summed E-state index contributed by atoms with van der Waals surface area (Å²) in [5.74, 6) is -0.765. The summed E-state index contributed by atoms with van der Waals surface area (Å²) in [6.45, 7) is 0.444. The fourth-order valence-electron chi connectivity index (χ4n) is 1.15. The molecule has 0 atom stereocenters. The Morgan fingerprint density at radius 3 is 2.50 bits per heavy atom. The van der Waals surface area contributed by atoms with Gasteiger partial charge in [0.05, 0.1) is 6.67 Å². The highest BCUT2D eigenvalue weighted by atomic mass is 16.2. The van der Waals surface area contributed by atoms with Crippen molar-refractivity contribution in [1.82, 2.24) is 10.2 Å². The first-order chi connectivity index (χ1) is 7.50. The van der Waals surface area contributed by atoms with Crippen molar-refractivity contribution in [2.45, 2.75) is 0 Å². The van der Waals surface area contributed by atoms with Gasteiger partial charge in [0.2, 0.25) is 5.91 Å². The zero-order valence-corrected chi connectivity index (χ0v) is 9.36. The van der Waals surface area contributed by atoms with E-state index < -0.39 is 5.91 Å². The lowest BCUT2D eigenvalue weighted by atomic mass is 10.1. The molecule has 0 fully saturated rings. The van der Waals surface area contributed by atoms with Gasteiger partial charge in [-0.3, -0.25) is 14.5 Å². The number of nitrogens with one attached hydrogen (secondary N) is 1. The van der Waals surface area contributed by atoms with Gasteiger partial charge in [0.1, 0.15) is 0 Å². The van der Waals surface area contributed by atoms with Crippen molar-refractivity contribution in [2.75, 3.05) is 20.8 Å². The first-order valence-corrected chi connectivity index (χ1v) is 4.83. The van der Waals surface area contributed by atoms with E-state index in [1.54, 1.807) is 18.2 Å². The molecule has 0 radical (unpaired) electrons. The van der Waals surface area contributed by atoms with Gasteiger partial charge in [-0.25, -0.2) is 0 Å². The quantitative estimate of drug-likeness (QED) is 0.704. The molecule has 0 saturated heterocycles. The summed E-state index contributed by atoms with van der Waals surface area (Å²) in [5, 5.41) is 2.70. The van der Waals surface area contributed by atoms with Crippen LogP contribution in [0.2, 0.25) is 0 Å². The van der Waals surface area contributed by atoms with Gasteiger partial charge in [-0.15, -0.1) is 0 Å². The van der Waals surface area contributed by atoms with Gasteiger partial charge in [0.15, 0.2) is 0 Å². The normalized spacial score (nSPS) is 10.2. The first kappa shape index (κ1) is 12.2. The van der Waals surface area contributed by atoms with E-state index in [1.807, 2.05) is 19.0 Å². The molecule has 0 aliphatic heterocycles. The Hall–Kier alpha value is -1.88. The molecule has 86 valence electrons. The van der Waals surface area contributed by atoms with Crippen LogP contribution in [0, 0.1) is 0 Å². The van der Waals surface area contributed by atoms with Gasteiger partial charge < -0.3 is 11.1 Å². The number of hydrogen-bond donors (Lipinski definition) is 2. The zero-order chi connectivity index (χ0) is 12.1. The van der Waals surface area contributed by atoms with Crippen molar-refractivity contribution in [1.29, 1.82) is 0 Å². The van der Waals surface area contributed by atoms with E-state index in [2.05, 4.69) is 5.32 Å². The average molecular weight is 221 g/mol. The Morgan fingerprint density at radius 2 is 1.94 bits per heavy atom. The van der Waals surface area contributed by atoms with Crippen molar-refractivity contribution >= 4 is 11.8 Å². The smallest absolute Gasteiger partial charge is 0.252 e. The lowest BCUT2D eigenvalue weighted by Crippen LogP contribution is -2.33. The molecular weight excluding hydrogens is 206 g/mol. The van der Waals surface area contributed by atoms with Crippen molar-refractivity contribution in [3.05, 3.63) is 35.4 Å². The number of carbonyl (C=O) groups excluding carboxylic acids is 2. The first-order valence-electron chi connectivity index (χ1n) is 4.83. The largest absolute Gasteiger partial charge is 0.366 e. The monoisotopic (exact) mass is 221 g/mol. The second-order valence-electron chi connectivity index (χ2n) is 3.69. The van der Waals surface area contributed by atoms with Gasteiger partial charge in [-0.05, 0) is 32.3 Å². The summed E-state index contributed by atoms with van der Waals surface area (Å²) in [6.07, 6.45) is 0. The maximum Gasteiger partial charge on any atom is 0.252 e. The summed E-state index contributed by atoms with van der Waals surface area (Å²) in [4.78, 5) is 24.4. The Morgan fingerprint density at radius 1 is 1.31 bits per heavy atom. The summed E-state index contributed by atoms with van der Waals surface area (Å²) in [5.41, 5.74) is 5.89. The zero-order valence-electron chi connectivity index (χ0n) is 9.36. The molecule has 5 heteroatoms. The van der Waals surface area contributed by atoms with E-state index in [1.165, 1.54) is 6.07 Å². The molecule has 0 saturated carbocycles. The maximum absolute atomic E-state index is 11.6.